The van der Waals surface area contributed by atoms with Crippen molar-refractivity contribution in [1.29, 1.82) is 0 Å². The van der Waals surface area contributed by atoms with Gasteiger partial charge in [-0.3, -0.25) is 9.69 Å². The Morgan fingerprint density at radius 1 is 1.12 bits per heavy atom. The second-order valence-corrected chi connectivity index (χ2v) is 7.94. The van der Waals surface area contributed by atoms with Crippen molar-refractivity contribution < 1.29 is 4.79 Å². The molecule has 1 aromatic carbocycles. The van der Waals surface area contributed by atoms with Gasteiger partial charge in [0.1, 0.15) is 0 Å². The van der Waals surface area contributed by atoms with E-state index in [9.17, 15) is 4.79 Å². The number of hydrogen-bond donors (Lipinski definition) is 0. The summed E-state index contributed by atoms with van der Waals surface area (Å²) in [5.41, 5.74) is 2.63. The molecule has 132 valence electrons. The summed E-state index contributed by atoms with van der Waals surface area (Å²) in [6.45, 7) is 6.26. The van der Waals surface area contributed by atoms with Crippen molar-refractivity contribution in [3.05, 3.63) is 35.4 Å². The molecule has 0 aromatic heterocycles. The number of amides is 1. The van der Waals surface area contributed by atoms with Gasteiger partial charge in [-0.25, -0.2) is 0 Å². The molecule has 3 heteroatoms. The van der Waals surface area contributed by atoms with Gasteiger partial charge in [0.25, 0.3) is 0 Å². The largest absolute Gasteiger partial charge is 0.334 e. The molecule has 1 atom stereocenters. The zero-order valence-electron chi connectivity index (χ0n) is 15.5. The molecule has 2 aliphatic rings. The van der Waals surface area contributed by atoms with Crippen LogP contribution in [0.1, 0.15) is 69.4 Å². The minimum atomic E-state index is 0.0861. The molecule has 0 N–H and O–H groups in total. The van der Waals surface area contributed by atoms with E-state index in [0.717, 1.165) is 19.5 Å². The van der Waals surface area contributed by atoms with Gasteiger partial charge in [-0.05, 0) is 56.3 Å². The predicted molar refractivity (Wildman–Crippen MR) is 99.0 cm³/mol. The van der Waals surface area contributed by atoms with Gasteiger partial charge in [-0.1, -0.05) is 51.0 Å². The Hall–Kier alpha value is -1.35. The van der Waals surface area contributed by atoms with Gasteiger partial charge >= 0.3 is 0 Å². The van der Waals surface area contributed by atoms with Crippen molar-refractivity contribution in [2.24, 2.45) is 0 Å². The number of hydrogen-bond acceptors (Lipinski definition) is 2. The van der Waals surface area contributed by atoms with Crippen LogP contribution >= 0.6 is 0 Å². The maximum Gasteiger partial charge on any atom is 0.240 e. The van der Waals surface area contributed by atoms with E-state index in [4.69, 9.17) is 0 Å². The van der Waals surface area contributed by atoms with E-state index in [1.807, 2.05) is 0 Å². The normalized spacial score (nSPS) is 22.4. The number of rotatable bonds is 5. The van der Waals surface area contributed by atoms with Crippen LogP contribution in [0.25, 0.3) is 0 Å². The average Bonchev–Trinajstić information content (AvgIpc) is 3.40. The monoisotopic (exact) mass is 328 g/mol. The van der Waals surface area contributed by atoms with Gasteiger partial charge in [0.15, 0.2) is 0 Å². The molecule has 1 saturated heterocycles. The SMILES string of the molecule is CC(C)c1ccc(CN(C(=O)C2CCCCCN2C)C2CC2)cc1. The Kier molecular flexibility index (Phi) is 5.60. The Balaban J connectivity index is 1.71. The smallest absolute Gasteiger partial charge is 0.240 e. The number of carbonyl (C=O) groups is 1. The highest BCUT2D eigenvalue weighted by Gasteiger charge is 2.37. The maximum atomic E-state index is 13.2. The fourth-order valence-electron chi connectivity index (χ4n) is 3.73. The minimum Gasteiger partial charge on any atom is -0.334 e. The van der Waals surface area contributed by atoms with E-state index in [1.165, 1.54) is 43.2 Å². The predicted octanol–water partition coefficient (Wildman–Crippen LogP) is 4.18. The van der Waals surface area contributed by atoms with Crippen LogP contribution in [0.5, 0.6) is 0 Å². The molecule has 1 aliphatic carbocycles. The Labute approximate surface area is 147 Å². The van der Waals surface area contributed by atoms with Crippen molar-refractivity contribution in [1.82, 2.24) is 9.80 Å². The third kappa shape index (κ3) is 4.18. The topological polar surface area (TPSA) is 23.6 Å². The first-order valence-corrected chi connectivity index (χ1v) is 9.66. The summed E-state index contributed by atoms with van der Waals surface area (Å²) < 4.78 is 0. The van der Waals surface area contributed by atoms with E-state index < -0.39 is 0 Å². The van der Waals surface area contributed by atoms with E-state index >= 15 is 0 Å². The lowest BCUT2D eigenvalue weighted by Gasteiger charge is -2.31. The van der Waals surface area contributed by atoms with Crippen LogP contribution in [0.2, 0.25) is 0 Å². The second-order valence-electron chi connectivity index (χ2n) is 7.94. The number of benzene rings is 1. The summed E-state index contributed by atoms with van der Waals surface area (Å²) in [6, 6.07) is 9.39. The highest BCUT2D eigenvalue weighted by Crippen LogP contribution is 2.31. The van der Waals surface area contributed by atoms with E-state index in [-0.39, 0.29) is 6.04 Å². The Morgan fingerprint density at radius 3 is 2.46 bits per heavy atom. The van der Waals surface area contributed by atoms with Crippen LogP contribution in [0.4, 0.5) is 0 Å². The standard InChI is InChI=1S/C21H32N2O/c1-16(2)18-10-8-17(9-11-18)15-23(19-12-13-19)21(24)20-7-5-4-6-14-22(20)3/h8-11,16,19-20H,4-7,12-15H2,1-3H3. The summed E-state index contributed by atoms with van der Waals surface area (Å²) in [7, 11) is 2.12. The molecule has 0 bridgehead atoms. The van der Waals surface area contributed by atoms with Gasteiger partial charge in [-0.15, -0.1) is 0 Å². The Morgan fingerprint density at radius 2 is 1.83 bits per heavy atom. The molecule has 2 fully saturated rings. The van der Waals surface area contributed by atoms with Gasteiger partial charge in [0.2, 0.25) is 5.91 Å². The molecule has 3 rings (SSSR count). The van der Waals surface area contributed by atoms with Crippen LogP contribution in [0.15, 0.2) is 24.3 Å². The summed E-state index contributed by atoms with van der Waals surface area (Å²) in [4.78, 5) is 17.7. The van der Waals surface area contributed by atoms with Gasteiger partial charge in [0, 0.05) is 12.6 Å². The molecule has 1 amide bonds. The van der Waals surface area contributed by atoms with Crippen molar-refractivity contribution in [2.45, 2.75) is 76.9 Å². The first-order chi connectivity index (χ1) is 11.6. The number of carbonyl (C=O) groups excluding carboxylic acids is 1. The zero-order valence-corrected chi connectivity index (χ0v) is 15.5. The highest BCUT2D eigenvalue weighted by molar-refractivity contribution is 5.82. The molecule has 3 nitrogen and oxygen atoms in total. The average molecular weight is 329 g/mol. The van der Waals surface area contributed by atoms with Crippen LogP contribution in [0.3, 0.4) is 0 Å². The lowest BCUT2D eigenvalue weighted by Crippen LogP contribution is -2.47. The second kappa shape index (κ2) is 7.69. The number of likely N-dealkylation sites (N-methyl/N-ethyl adjacent to an activating group) is 1. The lowest BCUT2D eigenvalue weighted by atomic mass is 10.0. The van der Waals surface area contributed by atoms with E-state index in [0.29, 0.717) is 17.9 Å². The van der Waals surface area contributed by atoms with Crippen molar-refractivity contribution >= 4 is 5.91 Å². The molecule has 1 heterocycles. The molecule has 1 aromatic rings. The van der Waals surface area contributed by atoms with Crippen molar-refractivity contribution in [3.8, 4) is 0 Å². The number of likely N-dealkylation sites (tertiary alicyclic amines) is 1. The van der Waals surface area contributed by atoms with E-state index in [1.54, 1.807) is 0 Å². The first kappa shape index (κ1) is 17.5. The molecule has 1 unspecified atom stereocenters. The minimum absolute atomic E-state index is 0.0861. The van der Waals surface area contributed by atoms with E-state index in [2.05, 4.69) is 55.0 Å². The molecule has 1 aliphatic heterocycles. The third-order valence-corrected chi connectivity index (χ3v) is 5.58. The molecule has 0 radical (unpaired) electrons. The summed E-state index contributed by atoms with van der Waals surface area (Å²) in [5.74, 6) is 0.912. The first-order valence-electron chi connectivity index (χ1n) is 9.66. The fourth-order valence-corrected chi connectivity index (χ4v) is 3.73. The highest BCUT2D eigenvalue weighted by atomic mass is 16.2. The summed E-state index contributed by atoms with van der Waals surface area (Å²) >= 11 is 0. The van der Waals surface area contributed by atoms with Crippen LogP contribution in [-0.4, -0.2) is 41.4 Å². The van der Waals surface area contributed by atoms with Crippen LogP contribution in [0, 0.1) is 0 Å². The number of nitrogens with zero attached hydrogens (tertiary/aromatic N) is 2. The summed E-state index contributed by atoms with van der Waals surface area (Å²) in [5, 5.41) is 0. The molecule has 24 heavy (non-hydrogen) atoms. The van der Waals surface area contributed by atoms with Crippen LogP contribution in [-0.2, 0) is 11.3 Å². The third-order valence-electron chi connectivity index (χ3n) is 5.58. The quantitative estimate of drug-likeness (QED) is 0.810. The molecular weight excluding hydrogens is 296 g/mol. The zero-order chi connectivity index (χ0) is 17.1. The molecular formula is C21H32N2O. The molecule has 0 spiro atoms. The van der Waals surface area contributed by atoms with Crippen LogP contribution < -0.4 is 0 Å². The lowest BCUT2D eigenvalue weighted by molar-refractivity contribution is -0.137. The summed E-state index contributed by atoms with van der Waals surface area (Å²) in [6.07, 6.45) is 7.03. The van der Waals surface area contributed by atoms with Crippen molar-refractivity contribution in [3.63, 3.8) is 0 Å². The maximum absolute atomic E-state index is 13.2. The van der Waals surface area contributed by atoms with Crippen molar-refractivity contribution in [2.75, 3.05) is 13.6 Å². The fraction of sp³-hybridized carbons (Fsp3) is 0.667. The Bertz CT molecular complexity index is 547. The van der Waals surface area contributed by atoms with Gasteiger partial charge in [0.05, 0.1) is 6.04 Å². The molecule has 1 saturated carbocycles. The van der Waals surface area contributed by atoms with Gasteiger partial charge < -0.3 is 4.90 Å². The van der Waals surface area contributed by atoms with Gasteiger partial charge in [-0.2, -0.15) is 0 Å².